The Kier molecular flexibility index (Phi) is 2.48. The fraction of sp³-hybridized carbons (Fsp3) is 0.500. The topological polar surface area (TPSA) is 50.7 Å². The molecular formula is C2H5N3S. The monoisotopic (exact) mass is 103 g/mol. The molecule has 0 fully saturated rings. The second-order valence-corrected chi connectivity index (χ2v) is 0.856. The molecule has 0 atom stereocenters. The Morgan fingerprint density at radius 2 is 2.33 bits per heavy atom. The molecule has 0 aliphatic carbocycles. The Morgan fingerprint density at radius 1 is 1.83 bits per heavy atom. The summed E-state index contributed by atoms with van der Waals surface area (Å²) in [5.74, 6) is 0.157. The number of nitrogens with zero attached hydrogens (tertiary/aromatic N) is 2. The molecular weight excluding hydrogens is 98.1 g/mol. The Balaban J connectivity index is 3.50. The van der Waals surface area contributed by atoms with Gasteiger partial charge in [0.15, 0.2) is 0 Å². The molecule has 0 aromatic carbocycles. The molecule has 34 valence electrons. The third kappa shape index (κ3) is 1.78. The van der Waals surface area contributed by atoms with E-state index in [1.807, 2.05) is 0 Å². The molecule has 0 aromatic rings. The first kappa shape index (κ1) is 5.49. The van der Waals surface area contributed by atoms with Crippen LogP contribution in [0.25, 0.3) is 0 Å². The standard InChI is InChI=1S/C2H5N3S/c1-4-2(3)5-6/h1H3,(H2,3,4). The van der Waals surface area contributed by atoms with Crippen molar-refractivity contribution in [3.05, 3.63) is 0 Å². The van der Waals surface area contributed by atoms with E-state index >= 15 is 0 Å². The summed E-state index contributed by atoms with van der Waals surface area (Å²) in [6.07, 6.45) is 0. The van der Waals surface area contributed by atoms with Crippen LogP contribution in [-0.4, -0.2) is 13.0 Å². The molecule has 0 aromatic heterocycles. The van der Waals surface area contributed by atoms with E-state index in [-0.39, 0.29) is 5.96 Å². The second kappa shape index (κ2) is 2.71. The number of guanidine groups is 1. The quantitative estimate of drug-likeness (QED) is 0.337. The summed E-state index contributed by atoms with van der Waals surface area (Å²) < 4.78 is 3.12. The average molecular weight is 103 g/mol. The third-order valence-corrected chi connectivity index (χ3v) is 0.510. The van der Waals surface area contributed by atoms with Crippen LogP contribution in [0.4, 0.5) is 0 Å². The van der Waals surface area contributed by atoms with E-state index in [4.69, 9.17) is 5.73 Å². The Bertz CT molecular complexity index is 76.9. The molecule has 0 unspecified atom stereocenters. The largest absolute Gasteiger partial charge is 0.367 e. The highest BCUT2D eigenvalue weighted by Gasteiger charge is 1.72. The van der Waals surface area contributed by atoms with Gasteiger partial charge in [-0.15, -0.1) is 4.36 Å². The van der Waals surface area contributed by atoms with Gasteiger partial charge >= 0.3 is 0 Å². The first-order chi connectivity index (χ1) is 2.81. The lowest BCUT2D eigenvalue weighted by Gasteiger charge is -1.76. The van der Waals surface area contributed by atoms with E-state index in [1.165, 1.54) is 7.05 Å². The molecule has 0 saturated carbocycles. The van der Waals surface area contributed by atoms with Crippen molar-refractivity contribution in [2.24, 2.45) is 15.1 Å². The summed E-state index contributed by atoms with van der Waals surface area (Å²) in [5.41, 5.74) is 4.95. The van der Waals surface area contributed by atoms with Gasteiger partial charge < -0.3 is 5.73 Å². The van der Waals surface area contributed by atoms with Gasteiger partial charge in [-0.05, 0) is 0 Å². The lowest BCUT2D eigenvalue weighted by molar-refractivity contribution is 1.37. The summed E-state index contributed by atoms with van der Waals surface area (Å²) >= 11 is 4.14. The highest BCUT2D eigenvalue weighted by molar-refractivity contribution is 7.47. The van der Waals surface area contributed by atoms with Gasteiger partial charge in [-0.2, -0.15) is 0 Å². The van der Waals surface area contributed by atoms with Crippen LogP contribution in [0.15, 0.2) is 9.36 Å². The van der Waals surface area contributed by atoms with Crippen molar-refractivity contribution in [2.75, 3.05) is 7.05 Å². The zero-order valence-corrected chi connectivity index (χ0v) is 4.20. The molecule has 6 heavy (non-hydrogen) atoms. The van der Waals surface area contributed by atoms with Crippen LogP contribution in [0.2, 0.25) is 0 Å². The van der Waals surface area contributed by atoms with E-state index in [0.29, 0.717) is 0 Å². The molecule has 0 bridgehead atoms. The van der Waals surface area contributed by atoms with E-state index in [9.17, 15) is 0 Å². The van der Waals surface area contributed by atoms with Gasteiger partial charge in [0.05, 0.1) is 0 Å². The molecule has 4 heteroatoms. The maximum absolute atomic E-state index is 4.95. The first-order valence-electron chi connectivity index (χ1n) is 1.37. The van der Waals surface area contributed by atoms with Crippen LogP contribution < -0.4 is 5.73 Å². The Labute approximate surface area is 41.4 Å². The predicted molar refractivity (Wildman–Crippen MR) is 27.3 cm³/mol. The fourth-order valence-electron chi connectivity index (χ4n) is 0.0408. The van der Waals surface area contributed by atoms with E-state index < -0.39 is 0 Å². The first-order valence-corrected chi connectivity index (χ1v) is 1.73. The second-order valence-electron chi connectivity index (χ2n) is 0.673. The van der Waals surface area contributed by atoms with Crippen molar-refractivity contribution in [3.63, 3.8) is 0 Å². The van der Waals surface area contributed by atoms with Crippen LogP contribution in [0.1, 0.15) is 0 Å². The van der Waals surface area contributed by atoms with Crippen molar-refractivity contribution in [2.45, 2.75) is 0 Å². The van der Waals surface area contributed by atoms with E-state index in [2.05, 4.69) is 21.8 Å². The highest BCUT2D eigenvalue weighted by Crippen LogP contribution is 1.60. The van der Waals surface area contributed by atoms with Gasteiger partial charge in [-0.1, -0.05) is 0 Å². The molecule has 0 radical (unpaired) electrons. The summed E-state index contributed by atoms with van der Waals surface area (Å²) in [6, 6.07) is 0. The molecule has 0 spiro atoms. The number of rotatable bonds is 0. The lowest BCUT2D eigenvalue weighted by Crippen LogP contribution is -2.05. The zero-order chi connectivity index (χ0) is 4.99. The number of nitrogens with two attached hydrogens (primary N) is 1. The number of hydrogen-bond acceptors (Lipinski definition) is 2. The van der Waals surface area contributed by atoms with Crippen molar-refractivity contribution < 1.29 is 0 Å². The van der Waals surface area contributed by atoms with E-state index in [0.717, 1.165) is 0 Å². The van der Waals surface area contributed by atoms with Crippen LogP contribution in [0.5, 0.6) is 0 Å². The molecule has 0 amide bonds. The van der Waals surface area contributed by atoms with Gasteiger partial charge in [0.1, 0.15) is 0 Å². The van der Waals surface area contributed by atoms with Gasteiger partial charge in [0.2, 0.25) is 5.96 Å². The number of aliphatic imine (C=N–C) groups is 1. The third-order valence-electron chi connectivity index (χ3n) is 0.323. The molecule has 0 aliphatic rings. The predicted octanol–water partition coefficient (Wildman–Crippen LogP) is -0.339. The minimum atomic E-state index is 0.157. The lowest BCUT2D eigenvalue weighted by atomic mass is 11.1. The van der Waals surface area contributed by atoms with Crippen molar-refractivity contribution in [1.82, 2.24) is 0 Å². The summed E-state index contributed by atoms with van der Waals surface area (Å²) in [7, 11) is 1.53. The van der Waals surface area contributed by atoms with Gasteiger partial charge in [0, 0.05) is 19.5 Å². The van der Waals surface area contributed by atoms with E-state index in [1.54, 1.807) is 0 Å². The summed E-state index contributed by atoms with van der Waals surface area (Å²) in [4.78, 5) is 3.43. The Morgan fingerprint density at radius 3 is 2.33 bits per heavy atom. The minimum absolute atomic E-state index is 0.157. The average Bonchev–Trinajstić information content (AvgIpc) is 1.65. The maximum Gasteiger partial charge on any atom is 0.226 e. The zero-order valence-electron chi connectivity index (χ0n) is 3.38. The van der Waals surface area contributed by atoms with Crippen molar-refractivity contribution >= 4 is 18.4 Å². The van der Waals surface area contributed by atoms with Gasteiger partial charge in [-0.3, -0.25) is 4.99 Å². The molecule has 2 N–H and O–H groups in total. The van der Waals surface area contributed by atoms with Crippen LogP contribution in [-0.2, 0) is 12.4 Å². The SMILES string of the molecule is CN=C(N)N=S. The molecule has 3 nitrogen and oxygen atoms in total. The molecule has 0 aliphatic heterocycles. The van der Waals surface area contributed by atoms with Crippen molar-refractivity contribution in [1.29, 1.82) is 0 Å². The van der Waals surface area contributed by atoms with Crippen LogP contribution >= 0.6 is 0 Å². The fourth-order valence-corrected chi connectivity index (χ4v) is 0.122. The van der Waals surface area contributed by atoms with Crippen LogP contribution in [0.3, 0.4) is 0 Å². The summed E-state index contributed by atoms with van der Waals surface area (Å²) in [6.45, 7) is 0. The minimum Gasteiger partial charge on any atom is -0.367 e. The molecule has 0 rings (SSSR count). The Hall–Kier alpha value is -0.510. The summed E-state index contributed by atoms with van der Waals surface area (Å²) in [5, 5.41) is 0. The molecule has 0 heterocycles. The highest BCUT2D eigenvalue weighted by atomic mass is 32.1. The normalized spacial score (nSPS) is 11.2. The van der Waals surface area contributed by atoms with Crippen molar-refractivity contribution in [3.8, 4) is 0 Å². The van der Waals surface area contributed by atoms with Gasteiger partial charge in [0.25, 0.3) is 0 Å². The maximum atomic E-state index is 4.95. The number of hydrogen-bond donors (Lipinski definition) is 1. The molecule has 0 saturated heterocycles. The van der Waals surface area contributed by atoms with Crippen LogP contribution in [0, 0.1) is 0 Å². The smallest absolute Gasteiger partial charge is 0.226 e. The van der Waals surface area contributed by atoms with Gasteiger partial charge in [-0.25, -0.2) is 0 Å².